The van der Waals surface area contributed by atoms with Crippen molar-refractivity contribution in [2.75, 3.05) is 12.3 Å². The summed E-state index contributed by atoms with van der Waals surface area (Å²) in [6, 6.07) is 11.4. The third-order valence-corrected chi connectivity index (χ3v) is 4.88. The average molecular weight is 315 g/mol. The lowest BCUT2D eigenvalue weighted by molar-refractivity contribution is -0.132. The van der Waals surface area contributed by atoms with Crippen LogP contribution in [0.2, 0.25) is 0 Å². The van der Waals surface area contributed by atoms with Gasteiger partial charge in [-0.15, -0.1) is 11.8 Å². The Hall–Kier alpha value is -2.08. The Morgan fingerprint density at radius 1 is 1.36 bits per heavy atom. The first-order valence-electron chi connectivity index (χ1n) is 7.14. The molecule has 22 heavy (non-hydrogen) atoms. The first-order chi connectivity index (χ1) is 10.6. The number of amides is 1. The quantitative estimate of drug-likeness (QED) is 0.867. The van der Waals surface area contributed by atoms with Crippen LogP contribution in [-0.4, -0.2) is 32.7 Å². The first-order valence-corrected chi connectivity index (χ1v) is 8.19. The molecule has 0 aliphatic carbocycles. The molecule has 1 fully saturated rings. The molecule has 1 saturated heterocycles. The number of rotatable bonds is 3. The van der Waals surface area contributed by atoms with E-state index in [0.29, 0.717) is 12.2 Å². The SMILES string of the molecule is Cc1cc(=O)n(CC(=O)N2CCSC2c2ccccc2)cn1. The van der Waals surface area contributed by atoms with Gasteiger partial charge in [-0.3, -0.25) is 14.2 Å². The number of hydrogen-bond donors (Lipinski definition) is 0. The van der Waals surface area contributed by atoms with Crippen LogP contribution in [0, 0.1) is 6.92 Å². The van der Waals surface area contributed by atoms with E-state index in [1.54, 1.807) is 18.7 Å². The Bertz CT molecular complexity index is 730. The summed E-state index contributed by atoms with van der Waals surface area (Å²) < 4.78 is 1.36. The van der Waals surface area contributed by atoms with E-state index in [1.165, 1.54) is 17.0 Å². The Kier molecular flexibility index (Phi) is 4.29. The van der Waals surface area contributed by atoms with Crippen LogP contribution in [0.4, 0.5) is 0 Å². The second kappa shape index (κ2) is 6.36. The van der Waals surface area contributed by atoms with Crippen molar-refractivity contribution in [3.63, 3.8) is 0 Å². The van der Waals surface area contributed by atoms with Gasteiger partial charge in [0.2, 0.25) is 5.91 Å². The van der Waals surface area contributed by atoms with Crippen LogP contribution in [-0.2, 0) is 11.3 Å². The Labute approximate surface area is 133 Å². The van der Waals surface area contributed by atoms with Gasteiger partial charge in [0.15, 0.2) is 0 Å². The Morgan fingerprint density at radius 3 is 2.86 bits per heavy atom. The van der Waals surface area contributed by atoms with Gasteiger partial charge in [-0.2, -0.15) is 0 Å². The summed E-state index contributed by atoms with van der Waals surface area (Å²) in [5.41, 5.74) is 1.59. The zero-order valence-corrected chi connectivity index (χ0v) is 13.1. The molecule has 1 aromatic carbocycles. The zero-order valence-electron chi connectivity index (χ0n) is 12.3. The van der Waals surface area contributed by atoms with Crippen molar-refractivity contribution in [3.05, 3.63) is 64.3 Å². The molecule has 0 N–H and O–H groups in total. The van der Waals surface area contributed by atoms with Gasteiger partial charge < -0.3 is 4.90 Å². The van der Waals surface area contributed by atoms with E-state index in [4.69, 9.17) is 0 Å². The minimum absolute atomic E-state index is 0.0304. The molecule has 0 saturated carbocycles. The molecule has 0 spiro atoms. The van der Waals surface area contributed by atoms with E-state index in [-0.39, 0.29) is 23.4 Å². The van der Waals surface area contributed by atoms with Crippen molar-refractivity contribution in [1.29, 1.82) is 0 Å². The predicted octanol–water partition coefficient (Wildman–Crippen LogP) is 1.83. The molecule has 114 valence electrons. The fourth-order valence-electron chi connectivity index (χ4n) is 2.49. The van der Waals surface area contributed by atoms with Crippen LogP contribution in [0.3, 0.4) is 0 Å². The molecule has 0 radical (unpaired) electrons. The van der Waals surface area contributed by atoms with E-state index in [0.717, 1.165) is 11.3 Å². The maximum Gasteiger partial charge on any atom is 0.253 e. The number of aromatic nitrogens is 2. The summed E-state index contributed by atoms with van der Waals surface area (Å²) in [5.74, 6) is 0.860. The smallest absolute Gasteiger partial charge is 0.253 e. The van der Waals surface area contributed by atoms with Crippen LogP contribution in [0.25, 0.3) is 0 Å². The molecular formula is C16H17N3O2S. The molecule has 0 bridgehead atoms. The van der Waals surface area contributed by atoms with Gasteiger partial charge in [0.1, 0.15) is 11.9 Å². The van der Waals surface area contributed by atoms with Crippen molar-refractivity contribution < 1.29 is 4.79 Å². The zero-order chi connectivity index (χ0) is 15.5. The molecule has 1 aliphatic rings. The second-order valence-electron chi connectivity index (χ2n) is 5.22. The fourth-order valence-corrected chi connectivity index (χ4v) is 3.77. The first kappa shape index (κ1) is 14.8. The van der Waals surface area contributed by atoms with Crippen molar-refractivity contribution in [2.45, 2.75) is 18.8 Å². The lowest BCUT2D eigenvalue weighted by Gasteiger charge is -2.24. The number of carbonyl (C=O) groups excluding carboxylic acids is 1. The molecule has 1 amide bonds. The van der Waals surface area contributed by atoms with E-state index in [1.807, 2.05) is 35.2 Å². The van der Waals surface area contributed by atoms with Crippen LogP contribution in [0.15, 0.2) is 47.5 Å². The number of nitrogens with zero attached hydrogens (tertiary/aromatic N) is 3. The van der Waals surface area contributed by atoms with Gasteiger partial charge in [0, 0.05) is 24.1 Å². The molecule has 2 heterocycles. The summed E-state index contributed by atoms with van der Waals surface area (Å²) >= 11 is 1.75. The summed E-state index contributed by atoms with van der Waals surface area (Å²) in [6.45, 7) is 2.50. The maximum absolute atomic E-state index is 12.6. The normalized spacial score (nSPS) is 17.7. The molecule has 5 nitrogen and oxygen atoms in total. The highest BCUT2D eigenvalue weighted by molar-refractivity contribution is 7.99. The third-order valence-electron chi connectivity index (χ3n) is 3.62. The van der Waals surface area contributed by atoms with Crippen molar-refractivity contribution in [2.24, 2.45) is 0 Å². The number of benzene rings is 1. The lowest BCUT2D eigenvalue weighted by atomic mass is 10.2. The van der Waals surface area contributed by atoms with Crippen molar-refractivity contribution >= 4 is 17.7 Å². The number of carbonyl (C=O) groups is 1. The highest BCUT2D eigenvalue weighted by atomic mass is 32.2. The number of hydrogen-bond acceptors (Lipinski definition) is 4. The van der Waals surface area contributed by atoms with Crippen molar-refractivity contribution in [3.8, 4) is 0 Å². The van der Waals surface area contributed by atoms with E-state index >= 15 is 0 Å². The highest BCUT2D eigenvalue weighted by Gasteiger charge is 2.30. The summed E-state index contributed by atoms with van der Waals surface area (Å²) in [7, 11) is 0. The van der Waals surface area contributed by atoms with Crippen molar-refractivity contribution in [1.82, 2.24) is 14.5 Å². The van der Waals surface area contributed by atoms with Gasteiger partial charge in [-0.05, 0) is 12.5 Å². The van der Waals surface area contributed by atoms with E-state index in [9.17, 15) is 9.59 Å². The molecule has 1 unspecified atom stereocenters. The molecule has 3 rings (SSSR count). The molecular weight excluding hydrogens is 298 g/mol. The van der Waals surface area contributed by atoms with Gasteiger partial charge in [-0.25, -0.2) is 4.98 Å². The summed E-state index contributed by atoms with van der Waals surface area (Å²) in [5, 5.41) is 0.0304. The summed E-state index contributed by atoms with van der Waals surface area (Å²) in [6.07, 6.45) is 1.44. The molecule has 1 aromatic heterocycles. The van der Waals surface area contributed by atoms with Gasteiger partial charge >= 0.3 is 0 Å². The number of aryl methyl sites for hydroxylation is 1. The molecule has 2 aromatic rings. The van der Waals surface area contributed by atoms with Crippen LogP contribution in [0.5, 0.6) is 0 Å². The summed E-state index contributed by atoms with van der Waals surface area (Å²) in [4.78, 5) is 30.4. The maximum atomic E-state index is 12.6. The third kappa shape index (κ3) is 3.06. The fraction of sp³-hybridized carbons (Fsp3) is 0.312. The van der Waals surface area contributed by atoms with Crippen LogP contribution < -0.4 is 5.56 Å². The number of thioether (sulfide) groups is 1. The molecule has 1 atom stereocenters. The van der Waals surface area contributed by atoms with Gasteiger partial charge in [0.05, 0.1) is 6.33 Å². The average Bonchev–Trinajstić information content (AvgIpc) is 3.00. The van der Waals surface area contributed by atoms with E-state index in [2.05, 4.69) is 4.98 Å². The monoisotopic (exact) mass is 315 g/mol. The Morgan fingerprint density at radius 2 is 2.14 bits per heavy atom. The molecule has 6 heteroatoms. The minimum atomic E-state index is -0.191. The van der Waals surface area contributed by atoms with E-state index < -0.39 is 0 Å². The second-order valence-corrected chi connectivity index (χ2v) is 6.41. The lowest BCUT2D eigenvalue weighted by Crippen LogP contribution is -2.36. The van der Waals surface area contributed by atoms with Crippen LogP contribution >= 0.6 is 11.8 Å². The van der Waals surface area contributed by atoms with Crippen LogP contribution in [0.1, 0.15) is 16.6 Å². The topological polar surface area (TPSA) is 55.2 Å². The van der Waals surface area contributed by atoms with Gasteiger partial charge in [-0.1, -0.05) is 30.3 Å². The predicted molar refractivity (Wildman–Crippen MR) is 86.6 cm³/mol. The Balaban J connectivity index is 1.78. The van der Waals surface area contributed by atoms with Gasteiger partial charge in [0.25, 0.3) is 5.56 Å². The standard InChI is InChI=1S/C16H17N3O2S/c1-12-9-14(20)18(11-17-12)10-15(21)19-7-8-22-16(19)13-5-3-2-4-6-13/h2-6,9,11,16H,7-8,10H2,1H3. The molecule has 1 aliphatic heterocycles. The minimum Gasteiger partial charge on any atom is -0.324 e. The highest BCUT2D eigenvalue weighted by Crippen LogP contribution is 2.37. The largest absolute Gasteiger partial charge is 0.324 e.